The Bertz CT molecular complexity index is 435. The molecule has 6 heteroatoms. The summed E-state index contributed by atoms with van der Waals surface area (Å²) in [5.41, 5.74) is 0.706. The van der Waals surface area contributed by atoms with E-state index in [-0.39, 0.29) is 11.2 Å². The molecule has 0 aromatic carbocycles. The summed E-state index contributed by atoms with van der Waals surface area (Å²) in [6.07, 6.45) is 0. The lowest BCUT2D eigenvalue weighted by molar-refractivity contribution is 0.411. The van der Waals surface area contributed by atoms with E-state index in [1.54, 1.807) is 13.8 Å². The molecule has 2 rings (SSSR count). The highest BCUT2D eigenvalue weighted by Crippen LogP contribution is 2.23. The van der Waals surface area contributed by atoms with Crippen molar-refractivity contribution in [3.63, 3.8) is 0 Å². The second-order valence-corrected chi connectivity index (χ2v) is 2.85. The number of aromatic nitrogens is 3. The fourth-order valence-corrected chi connectivity index (χ4v) is 1.14. The SMILES string of the molecule is Cc1nc(C)c(-c2nc(Cl)no2)o1. The highest BCUT2D eigenvalue weighted by Gasteiger charge is 2.15. The third-order valence-electron chi connectivity index (χ3n) is 1.50. The Morgan fingerprint density at radius 1 is 1.23 bits per heavy atom. The van der Waals surface area contributed by atoms with Crippen molar-refractivity contribution in [3.8, 4) is 11.7 Å². The van der Waals surface area contributed by atoms with Gasteiger partial charge < -0.3 is 8.94 Å². The standard InChI is InChI=1S/C7H6ClN3O2/c1-3-5(12-4(2)9-3)6-10-7(8)11-13-6/h1-2H3. The predicted molar refractivity (Wildman–Crippen MR) is 44.3 cm³/mol. The molecule has 0 saturated carbocycles. The first-order chi connectivity index (χ1) is 6.16. The van der Waals surface area contributed by atoms with Gasteiger partial charge in [-0.15, -0.1) is 0 Å². The van der Waals surface area contributed by atoms with Crippen molar-refractivity contribution in [2.75, 3.05) is 0 Å². The van der Waals surface area contributed by atoms with Crippen molar-refractivity contribution < 1.29 is 8.94 Å². The van der Waals surface area contributed by atoms with E-state index >= 15 is 0 Å². The third kappa shape index (κ3) is 1.42. The summed E-state index contributed by atoms with van der Waals surface area (Å²) in [5, 5.41) is 3.49. The van der Waals surface area contributed by atoms with Crippen molar-refractivity contribution >= 4 is 11.6 Å². The maximum Gasteiger partial charge on any atom is 0.296 e. The van der Waals surface area contributed by atoms with Crippen LogP contribution >= 0.6 is 11.6 Å². The summed E-state index contributed by atoms with van der Waals surface area (Å²) in [5.74, 6) is 1.28. The molecule has 13 heavy (non-hydrogen) atoms. The van der Waals surface area contributed by atoms with Crippen LogP contribution in [0.5, 0.6) is 0 Å². The smallest absolute Gasteiger partial charge is 0.296 e. The number of hydrogen-bond donors (Lipinski definition) is 0. The highest BCUT2D eigenvalue weighted by molar-refractivity contribution is 6.28. The van der Waals surface area contributed by atoms with Crippen LogP contribution in [0.4, 0.5) is 0 Å². The summed E-state index contributed by atoms with van der Waals surface area (Å²) in [4.78, 5) is 7.87. The van der Waals surface area contributed by atoms with E-state index in [1.165, 1.54) is 0 Å². The summed E-state index contributed by atoms with van der Waals surface area (Å²) in [7, 11) is 0. The Morgan fingerprint density at radius 3 is 2.46 bits per heavy atom. The molecule has 0 spiro atoms. The molecule has 2 heterocycles. The minimum absolute atomic E-state index is 0.0588. The van der Waals surface area contributed by atoms with E-state index in [0.29, 0.717) is 17.3 Å². The summed E-state index contributed by atoms with van der Waals surface area (Å²) in [6, 6.07) is 0. The highest BCUT2D eigenvalue weighted by atomic mass is 35.5. The molecule has 0 radical (unpaired) electrons. The van der Waals surface area contributed by atoms with Crippen molar-refractivity contribution in [2.24, 2.45) is 0 Å². The number of hydrogen-bond acceptors (Lipinski definition) is 5. The molecule has 2 aromatic rings. The first kappa shape index (κ1) is 8.25. The largest absolute Gasteiger partial charge is 0.436 e. The Hall–Kier alpha value is -1.36. The normalized spacial score (nSPS) is 10.7. The fourth-order valence-electron chi connectivity index (χ4n) is 1.03. The quantitative estimate of drug-likeness (QED) is 0.703. The lowest BCUT2D eigenvalue weighted by Crippen LogP contribution is -1.77. The van der Waals surface area contributed by atoms with Gasteiger partial charge in [0, 0.05) is 6.92 Å². The number of halogens is 1. The van der Waals surface area contributed by atoms with Crippen LogP contribution in [0.2, 0.25) is 5.28 Å². The van der Waals surface area contributed by atoms with E-state index in [9.17, 15) is 0 Å². The van der Waals surface area contributed by atoms with Gasteiger partial charge in [-0.3, -0.25) is 0 Å². The Kier molecular flexibility index (Phi) is 1.81. The monoisotopic (exact) mass is 199 g/mol. The number of nitrogens with zero attached hydrogens (tertiary/aromatic N) is 3. The maximum atomic E-state index is 5.49. The van der Waals surface area contributed by atoms with Gasteiger partial charge >= 0.3 is 0 Å². The van der Waals surface area contributed by atoms with Gasteiger partial charge in [0.15, 0.2) is 5.89 Å². The average molecular weight is 200 g/mol. The van der Waals surface area contributed by atoms with Crippen LogP contribution in [0.15, 0.2) is 8.94 Å². The number of aryl methyl sites for hydroxylation is 2. The summed E-state index contributed by atoms with van der Waals surface area (Å²) >= 11 is 5.49. The first-order valence-corrected chi connectivity index (χ1v) is 3.98. The molecular formula is C7H6ClN3O2. The van der Waals surface area contributed by atoms with Gasteiger partial charge in [-0.2, -0.15) is 4.98 Å². The third-order valence-corrected chi connectivity index (χ3v) is 1.65. The molecule has 68 valence electrons. The lowest BCUT2D eigenvalue weighted by Gasteiger charge is -1.85. The van der Waals surface area contributed by atoms with Crippen LogP contribution in [0.25, 0.3) is 11.7 Å². The first-order valence-electron chi connectivity index (χ1n) is 3.60. The topological polar surface area (TPSA) is 65.0 Å². The van der Waals surface area contributed by atoms with Crippen LogP contribution in [-0.2, 0) is 0 Å². The molecule has 0 amide bonds. The molecule has 0 saturated heterocycles. The van der Waals surface area contributed by atoms with Gasteiger partial charge in [0.2, 0.25) is 5.76 Å². The molecule has 0 aliphatic rings. The summed E-state index contributed by atoms with van der Waals surface area (Å²) in [6.45, 7) is 3.54. The Morgan fingerprint density at radius 2 is 2.00 bits per heavy atom. The van der Waals surface area contributed by atoms with Crippen LogP contribution in [0, 0.1) is 13.8 Å². The zero-order valence-electron chi connectivity index (χ0n) is 7.04. The van der Waals surface area contributed by atoms with Crippen molar-refractivity contribution in [3.05, 3.63) is 16.9 Å². The molecule has 0 atom stereocenters. The van der Waals surface area contributed by atoms with Crippen molar-refractivity contribution in [2.45, 2.75) is 13.8 Å². The van der Waals surface area contributed by atoms with E-state index in [0.717, 1.165) is 0 Å². The van der Waals surface area contributed by atoms with E-state index in [2.05, 4.69) is 15.1 Å². The molecule has 0 bridgehead atoms. The zero-order chi connectivity index (χ0) is 9.42. The Labute approximate surface area is 78.7 Å². The van der Waals surface area contributed by atoms with Crippen LogP contribution in [0.3, 0.4) is 0 Å². The number of rotatable bonds is 1. The molecule has 0 unspecified atom stereocenters. The zero-order valence-corrected chi connectivity index (χ0v) is 7.79. The summed E-state index contributed by atoms with van der Waals surface area (Å²) < 4.78 is 10.1. The van der Waals surface area contributed by atoms with E-state index in [1.807, 2.05) is 0 Å². The molecule has 0 aliphatic carbocycles. The van der Waals surface area contributed by atoms with Crippen LogP contribution in [-0.4, -0.2) is 15.1 Å². The minimum atomic E-state index is 0.0588. The van der Waals surface area contributed by atoms with Crippen LogP contribution in [0.1, 0.15) is 11.6 Å². The minimum Gasteiger partial charge on any atom is -0.436 e. The van der Waals surface area contributed by atoms with Gasteiger partial charge in [-0.1, -0.05) is 0 Å². The predicted octanol–water partition coefficient (Wildman–Crippen LogP) is 1.99. The Balaban J connectivity index is 2.51. The molecule has 5 nitrogen and oxygen atoms in total. The van der Waals surface area contributed by atoms with Gasteiger partial charge in [0.1, 0.15) is 0 Å². The molecular weight excluding hydrogens is 194 g/mol. The molecule has 0 N–H and O–H groups in total. The molecule has 0 aliphatic heterocycles. The van der Waals surface area contributed by atoms with Crippen molar-refractivity contribution in [1.82, 2.24) is 15.1 Å². The van der Waals surface area contributed by atoms with Gasteiger partial charge in [-0.25, -0.2) is 4.98 Å². The molecule has 0 fully saturated rings. The molecule has 2 aromatic heterocycles. The van der Waals surface area contributed by atoms with Gasteiger partial charge in [0.05, 0.1) is 5.69 Å². The average Bonchev–Trinajstić information content (AvgIpc) is 2.58. The maximum absolute atomic E-state index is 5.49. The van der Waals surface area contributed by atoms with Crippen molar-refractivity contribution in [1.29, 1.82) is 0 Å². The van der Waals surface area contributed by atoms with E-state index in [4.69, 9.17) is 20.5 Å². The number of oxazole rings is 1. The fraction of sp³-hybridized carbons (Fsp3) is 0.286. The lowest BCUT2D eigenvalue weighted by atomic mass is 10.4. The van der Waals surface area contributed by atoms with Gasteiger partial charge in [0.25, 0.3) is 11.2 Å². The van der Waals surface area contributed by atoms with E-state index < -0.39 is 0 Å². The second-order valence-electron chi connectivity index (χ2n) is 2.52. The second kappa shape index (κ2) is 2.85. The van der Waals surface area contributed by atoms with Gasteiger partial charge in [-0.05, 0) is 23.7 Å². The van der Waals surface area contributed by atoms with Crippen LogP contribution < -0.4 is 0 Å².